The van der Waals surface area contributed by atoms with Crippen molar-refractivity contribution in [3.63, 3.8) is 0 Å². The number of carbonyl (C=O) groups excluding carboxylic acids is 2. The normalized spacial score (nSPS) is 11.3. The maximum absolute atomic E-state index is 12.7. The third-order valence-corrected chi connectivity index (χ3v) is 2.07. The van der Waals surface area contributed by atoms with Crippen LogP contribution in [0.1, 0.15) is 17.3 Å². The highest BCUT2D eigenvalue weighted by atomic mass is 19.3. The molecule has 0 unspecified atom stereocenters. The Kier molecular flexibility index (Phi) is 5.06. The first-order chi connectivity index (χ1) is 9.22. The van der Waals surface area contributed by atoms with Crippen LogP contribution in [-0.4, -0.2) is 30.9 Å². The fourth-order valence-electron chi connectivity index (χ4n) is 1.19. The van der Waals surface area contributed by atoms with Gasteiger partial charge in [-0.05, 0) is 12.1 Å². The number of halogens is 4. The van der Waals surface area contributed by atoms with Gasteiger partial charge in [0.15, 0.2) is 12.4 Å². The lowest BCUT2D eigenvalue weighted by molar-refractivity contribution is -0.253. The second-order valence-corrected chi connectivity index (χ2v) is 3.70. The topological polar surface area (TPSA) is 52.6 Å². The molecule has 0 spiro atoms. The number of alkyl halides is 4. The summed E-state index contributed by atoms with van der Waals surface area (Å²) in [5.74, 6) is -1.95. The molecule has 4 nitrogen and oxygen atoms in total. The Balaban J connectivity index is 2.80. The lowest BCUT2D eigenvalue weighted by Gasteiger charge is -2.17. The molecule has 0 aromatic heterocycles. The maximum Gasteiger partial charge on any atom is 0.461 e. The van der Waals surface area contributed by atoms with Gasteiger partial charge in [0.2, 0.25) is 0 Å². The zero-order chi connectivity index (χ0) is 15.3. The van der Waals surface area contributed by atoms with Gasteiger partial charge in [0.25, 0.3) is 0 Å². The molecular formula is C12H10F4O4. The summed E-state index contributed by atoms with van der Waals surface area (Å²) in [6.45, 7) is 0.514. The van der Waals surface area contributed by atoms with Gasteiger partial charge in [0.1, 0.15) is 5.75 Å². The lowest BCUT2D eigenvalue weighted by Crippen LogP contribution is -2.33. The fraction of sp³-hybridized carbons (Fsp3) is 0.333. The van der Waals surface area contributed by atoms with Crippen LogP contribution in [0.15, 0.2) is 24.3 Å². The number of carbonyl (C=O) groups is 2. The Morgan fingerprint density at radius 1 is 1.30 bits per heavy atom. The summed E-state index contributed by atoms with van der Waals surface area (Å²) in [5.41, 5.74) is -0.103. The van der Waals surface area contributed by atoms with Crippen LogP contribution in [0.25, 0.3) is 0 Å². The molecule has 0 aliphatic carbocycles. The molecule has 1 aromatic carbocycles. The van der Waals surface area contributed by atoms with Crippen LogP contribution < -0.4 is 4.74 Å². The predicted octanol–water partition coefficient (Wildman–Crippen LogP) is 2.67. The van der Waals surface area contributed by atoms with Crippen molar-refractivity contribution in [2.75, 3.05) is 6.61 Å². The van der Waals surface area contributed by atoms with Crippen LogP contribution in [0.4, 0.5) is 17.6 Å². The van der Waals surface area contributed by atoms with Crippen molar-refractivity contribution < 1.29 is 36.6 Å². The number of ether oxygens (including phenoxy) is 2. The SMILES string of the molecule is CC(=O)OCC(=O)c1cccc(OC(F)(F)C(F)F)c1. The molecule has 0 fully saturated rings. The van der Waals surface area contributed by atoms with Crippen LogP contribution in [0.2, 0.25) is 0 Å². The molecule has 1 rings (SSSR count). The summed E-state index contributed by atoms with van der Waals surface area (Å²) in [6.07, 6.45) is -8.65. The second-order valence-electron chi connectivity index (χ2n) is 3.70. The van der Waals surface area contributed by atoms with Crippen molar-refractivity contribution in [2.24, 2.45) is 0 Å². The first-order valence-corrected chi connectivity index (χ1v) is 5.34. The van der Waals surface area contributed by atoms with Gasteiger partial charge >= 0.3 is 18.5 Å². The second kappa shape index (κ2) is 6.36. The summed E-state index contributed by atoms with van der Waals surface area (Å²) < 4.78 is 57.6. The molecule has 0 bridgehead atoms. The molecule has 0 heterocycles. The Hall–Kier alpha value is -2.12. The average molecular weight is 294 g/mol. The van der Waals surface area contributed by atoms with Crippen molar-refractivity contribution >= 4 is 11.8 Å². The Labute approximate surface area is 111 Å². The zero-order valence-corrected chi connectivity index (χ0v) is 10.2. The molecule has 8 heteroatoms. The van der Waals surface area contributed by atoms with Crippen LogP contribution in [0.3, 0.4) is 0 Å². The van der Waals surface area contributed by atoms with Gasteiger partial charge in [-0.1, -0.05) is 12.1 Å². The van der Waals surface area contributed by atoms with Crippen molar-refractivity contribution in [3.05, 3.63) is 29.8 Å². The largest absolute Gasteiger partial charge is 0.461 e. The molecule has 20 heavy (non-hydrogen) atoms. The van der Waals surface area contributed by atoms with Crippen molar-refractivity contribution in [3.8, 4) is 5.75 Å². The molecular weight excluding hydrogens is 284 g/mol. The highest BCUT2D eigenvalue weighted by Crippen LogP contribution is 2.27. The lowest BCUT2D eigenvalue weighted by atomic mass is 10.1. The summed E-state index contributed by atoms with van der Waals surface area (Å²) in [7, 11) is 0. The number of esters is 1. The van der Waals surface area contributed by atoms with Crippen molar-refractivity contribution in [2.45, 2.75) is 19.5 Å². The van der Waals surface area contributed by atoms with Gasteiger partial charge in [-0.15, -0.1) is 0 Å². The molecule has 0 N–H and O–H groups in total. The Morgan fingerprint density at radius 2 is 1.95 bits per heavy atom. The number of ketones is 1. The smallest absolute Gasteiger partial charge is 0.457 e. The van der Waals surface area contributed by atoms with E-state index in [2.05, 4.69) is 9.47 Å². The van der Waals surface area contributed by atoms with Crippen molar-refractivity contribution in [1.82, 2.24) is 0 Å². The molecule has 0 amide bonds. The van der Waals surface area contributed by atoms with E-state index in [0.29, 0.717) is 0 Å². The van der Waals surface area contributed by atoms with E-state index in [1.807, 2.05) is 0 Å². The third-order valence-electron chi connectivity index (χ3n) is 2.07. The minimum absolute atomic E-state index is 0.103. The summed E-state index contributed by atoms with van der Waals surface area (Å²) in [6, 6.07) is 4.29. The highest BCUT2D eigenvalue weighted by molar-refractivity contribution is 5.98. The number of rotatable bonds is 6. The summed E-state index contributed by atoms with van der Waals surface area (Å²) in [4.78, 5) is 22.1. The summed E-state index contributed by atoms with van der Waals surface area (Å²) >= 11 is 0. The van der Waals surface area contributed by atoms with Crippen LogP contribution in [0, 0.1) is 0 Å². The monoisotopic (exact) mass is 294 g/mol. The minimum Gasteiger partial charge on any atom is -0.457 e. The minimum atomic E-state index is -4.66. The van der Waals surface area contributed by atoms with Gasteiger partial charge in [0.05, 0.1) is 0 Å². The first-order valence-electron chi connectivity index (χ1n) is 5.34. The number of benzene rings is 1. The molecule has 1 aromatic rings. The zero-order valence-electron chi connectivity index (χ0n) is 10.2. The number of hydrogen-bond acceptors (Lipinski definition) is 4. The number of hydrogen-bond donors (Lipinski definition) is 0. The maximum atomic E-state index is 12.7. The van der Waals surface area contributed by atoms with Gasteiger partial charge in [0, 0.05) is 12.5 Å². The van der Waals surface area contributed by atoms with E-state index in [1.165, 1.54) is 12.1 Å². The van der Waals surface area contributed by atoms with E-state index in [4.69, 9.17) is 0 Å². The van der Waals surface area contributed by atoms with E-state index in [0.717, 1.165) is 19.1 Å². The standard InChI is InChI=1S/C12H10F4O4/c1-7(17)19-6-10(18)8-3-2-4-9(5-8)20-12(15,16)11(13)14/h2-5,11H,6H2,1H3. The van der Waals surface area contributed by atoms with E-state index in [-0.39, 0.29) is 5.56 Å². The third kappa shape index (κ3) is 4.52. The number of Topliss-reactive ketones (excluding diaryl/α,β-unsaturated/α-hetero) is 1. The van der Waals surface area contributed by atoms with E-state index < -0.39 is 36.6 Å². The quantitative estimate of drug-likeness (QED) is 0.460. The van der Waals surface area contributed by atoms with Gasteiger partial charge in [-0.25, -0.2) is 0 Å². The van der Waals surface area contributed by atoms with E-state index in [9.17, 15) is 27.2 Å². The fourth-order valence-corrected chi connectivity index (χ4v) is 1.19. The summed E-state index contributed by atoms with van der Waals surface area (Å²) in [5, 5.41) is 0. The molecule has 0 aliphatic rings. The van der Waals surface area contributed by atoms with Gasteiger partial charge in [-0.3, -0.25) is 9.59 Å². The molecule has 0 radical (unpaired) electrons. The van der Waals surface area contributed by atoms with Crippen LogP contribution in [0.5, 0.6) is 5.75 Å². The molecule has 0 saturated heterocycles. The average Bonchev–Trinajstić information content (AvgIpc) is 2.35. The van der Waals surface area contributed by atoms with Crippen LogP contribution in [-0.2, 0) is 9.53 Å². The van der Waals surface area contributed by atoms with E-state index >= 15 is 0 Å². The Bertz CT molecular complexity index is 502. The molecule has 0 atom stereocenters. The van der Waals surface area contributed by atoms with E-state index in [1.54, 1.807) is 0 Å². The van der Waals surface area contributed by atoms with Gasteiger partial charge < -0.3 is 9.47 Å². The molecule has 0 aliphatic heterocycles. The molecule has 0 saturated carbocycles. The molecule has 110 valence electrons. The predicted molar refractivity (Wildman–Crippen MR) is 59.0 cm³/mol. The highest BCUT2D eigenvalue weighted by Gasteiger charge is 2.44. The first kappa shape index (κ1) is 15.9. The van der Waals surface area contributed by atoms with Crippen molar-refractivity contribution in [1.29, 1.82) is 0 Å². The van der Waals surface area contributed by atoms with Crippen LogP contribution >= 0.6 is 0 Å². The Morgan fingerprint density at radius 3 is 2.50 bits per heavy atom. The van der Waals surface area contributed by atoms with Gasteiger partial charge in [-0.2, -0.15) is 17.6 Å².